The summed E-state index contributed by atoms with van der Waals surface area (Å²) in [5, 5.41) is 5.97. The van der Waals surface area contributed by atoms with Gasteiger partial charge < -0.3 is 25.0 Å². The Hall–Kier alpha value is -1.71. The molecule has 0 aromatic heterocycles. The number of benzene rings is 1. The third kappa shape index (κ3) is 10.3. The van der Waals surface area contributed by atoms with Gasteiger partial charge in [0.25, 0.3) is 0 Å². The van der Waals surface area contributed by atoms with Gasteiger partial charge in [-0.25, -0.2) is 4.79 Å². The predicted molar refractivity (Wildman–Crippen MR) is 120 cm³/mol. The molecule has 0 atom stereocenters. The van der Waals surface area contributed by atoms with E-state index in [1.54, 1.807) is 7.11 Å². The van der Waals surface area contributed by atoms with E-state index in [-0.39, 0.29) is 24.0 Å². The van der Waals surface area contributed by atoms with Gasteiger partial charge in [-0.1, -0.05) is 18.2 Å². The molecule has 1 aromatic carbocycles. The number of ether oxygens (including phenoxy) is 2. The number of nitrogens with one attached hydrogen (secondary N) is 2. The summed E-state index contributed by atoms with van der Waals surface area (Å²) in [7, 11) is 3.63. The quantitative estimate of drug-likeness (QED) is 0.265. The highest BCUT2D eigenvalue weighted by Gasteiger charge is 2.15. The average Bonchev–Trinajstić information content (AvgIpc) is 2.56. The number of aliphatic imine (C=N–C) groups is 1. The number of alkyl carbamates (subject to hydrolysis) is 1. The second-order valence-electron chi connectivity index (χ2n) is 6.83. The van der Waals surface area contributed by atoms with Crippen LogP contribution < -0.4 is 15.4 Å². The lowest BCUT2D eigenvalue weighted by molar-refractivity contribution is 0.0529. The van der Waals surface area contributed by atoms with E-state index in [1.807, 2.05) is 63.9 Å². The van der Waals surface area contributed by atoms with Crippen molar-refractivity contribution in [3.8, 4) is 5.75 Å². The lowest BCUT2D eigenvalue weighted by Gasteiger charge is -2.23. The van der Waals surface area contributed by atoms with Gasteiger partial charge in [-0.2, -0.15) is 0 Å². The average molecular weight is 492 g/mol. The first-order chi connectivity index (χ1) is 12.3. The summed E-state index contributed by atoms with van der Waals surface area (Å²) in [5.41, 5.74) is 0.576. The third-order valence-corrected chi connectivity index (χ3v) is 3.34. The first kappa shape index (κ1) is 25.3. The Morgan fingerprint density at radius 3 is 2.48 bits per heavy atom. The molecule has 0 radical (unpaired) electrons. The normalized spacial score (nSPS) is 11.3. The minimum atomic E-state index is -0.503. The smallest absolute Gasteiger partial charge is 0.407 e. The maximum Gasteiger partial charge on any atom is 0.407 e. The molecule has 1 aromatic rings. The number of amides is 1. The van der Waals surface area contributed by atoms with Gasteiger partial charge in [0.05, 0.1) is 13.7 Å². The third-order valence-electron chi connectivity index (χ3n) is 3.34. The molecule has 1 rings (SSSR count). The topological polar surface area (TPSA) is 75.2 Å². The van der Waals surface area contributed by atoms with Crippen LogP contribution >= 0.6 is 24.0 Å². The van der Waals surface area contributed by atoms with Gasteiger partial charge in [0.1, 0.15) is 11.4 Å². The number of hydrogen-bond donors (Lipinski definition) is 2. The molecule has 0 saturated heterocycles. The number of carbonyl (C=O) groups is 1. The summed E-state index contributed by atoms with van der Waals surface area (Å²) in [6.07, 6.45) is -0.430. The SMILES string of the molecule is CCNC(=NCCNC(=O)OC(C)(C)C)N(C)Cc1ccccc1OC.I. The number of halogens is 1. The minimum Gasteiger partial charge on any atom is -0.496 e. The molecular weight excluding hydrogens is 459 g/mol. The van der Waals surface area contributed by atoms with Gasteiger partial charge in [0.2, 0.25) is 0 Å². The molecule has 0 saturated carbocycles. The van der Waals surface area contributed by atoms with Crippen molar-refractivity contribution in [1.82, 2.24) is 15.5 Å². The summed E-state index contributed by atoms with van der Waals surface area (Å²) in [6, 6.07) is 7.91. The van der Waals surface area contributed by atoms with E-state index >= 15 is 0 Å². The molecule has 0 heterocycles. The Labute approximate surface area is 179 Å². The summed E-state index contributed by atoms with van der Waals surface area (Å²) in [6.45, 7) is 9.81. The number of methoxy groups -OCH3 is 1. The summed E-state index contributed by atoms with van der Waals surface area (Å²) >= 11 is 0. The Morgan fingerprint density at radius 1 is 1.22 bits per heavy atom. The first-order valence-corrected chi connectivity index (χ1v) is 8.85. The van der Waals surface area contributed by atoms with Crippen molar-refractivity contribution in [2.75, 3.05) is 33.8 Å². The van der Waals surface area contributed by atoms with Crippen molar-refractivity contribution in [2.45, 2.75) is 39.8 Å². The molecule has 27 heavy (non-hydrogen) atoms. The van der Waals surface area contributed by atoms with Crippen molar-refractivity contribution in [3.05, 3.63) is 29.8 Å². The molecule has 0 aliphatic heterocycles. The number of guanidine groups is 1. The fourth-order valence-corrected chi connectivity index (χ4v) is 2.27. The van der Waals surface area contributed by atoms with Crippen LogP contribution in [0.2, 0.25) is 0 Å². The van der Waals surface area contributed by atoms with Crippen molar-refractivity contribution in [2.24, 2.45) is 4.99 Å². The monoisotopic (exact) mass is 492 g/mol. The molecule has 8 heteroatoms. The van der Waals surface area contributed by atoms with Crippen LogP contribution in [-0.2, 0) is 11.3 Å². The Balaban J connectivity index is 0.00000676. The molecule has 0 fully saturated rings. The second kappa shape index (κ2) is 12.6. The van der Waals surface area contributed by atoms with Gasteiger partial charge in [-0.3, -0.25) is 4.99 Å². The Bertz CT molecular complexity index is 603. The largest absolute Gasteiger partial charge is 0.496 e. The Kier molecular flexibility index (Phi) is 11.8. The van der Waals surface area contributed by atoms with Crippen LogP contribution in [0.3, 0.4) is 0 Å². The van der Waals surface area contributed by atoms with Crippen LogP contribution in [0.25, 0.3) is 0 Å². The molecular formula is C19H33IN4O3. The number of hydrogen-bond acceptors (Lipinski definition) is 4. The van der Waals surface area contributed by atoms with Gasteiger partial charge in [-0.15, -0.1) is 24.0 Å². The first-order valence-electron chi connectivity index (χ1n) is 8.85. The number of rotatable bonds is 7. The van der Waals surface area contributed by atoms with Crippen molar-refractivity contribution < 1.29 is 14.3 Å². The lowest BCUT2D eigenvalue weighted by atomic mass is 10.2. The van der Waals surface area contributed by atoms with Crippen LogP contribution in [0.4, 0.5) is 4.79 Å². The zero-order chi connectivity index (χ0) is 19.6. The molecule has 2 N–H and O–H groups in total. The van der Waals surface area contributed by atoms with E-state index in [4.69, 9.17) is 9.47 Å². The van der Waals surface area contributed by atoms with Crippen molar-refractivity contribution >= 4 is 36.0 Å². The van der Waals surface area contributed by atoms with Gasteiger partial charge >= 0.3 is 6.09 Å². The fraction of sp³-hybridized carbons (Fsp3) is 0.579. The van der Waals surface area contributed by atoms with E-state index in [2.05, 4.69) is 15.6 Å². The molecule has 1 amide bonds. The predicted octanol–water partition coefficient (Wildman–Crippen LogP) is 3.24. The van der Waals surface area contributed by atoms with E-state index in [0.717, 1.165) is 23.8 Å². The van der Waals surface area contributed by atoms with Crippen molar-refractivity contribution in [1.29, 1.82) is 0 Å². The summed E-state index contributed by atoms with van der Waals surface area (Å²) in [4.78, 5) is 18.2. The van der Waals surface area contributed by atoms with E-state index in [9.17, 15) is 4.79 Å². The van der Waals surface area contributed by atoms with Crippen molar-refractivity contribution in [3.63, 3.8) is 0 Å². The van der Waals surface area contributed by atoms with Gasteiger partial charge in [0, 0.05) is 32.2 Å². The van der Waals surface area contributed by atoms with Crippen LogP contribution in [0.15, 0.2) is 29.3 Å². The molecule has 0 bridgehead atoms. The summed E-state index contributed by atoms with van der Waals surface area (Å²) in [5.74, 6) is 1.62. The molecule has 0 spiro atoms. The zero-order valence-electron chi connectivity index (χ0n) is 17.2. The van der Waals surface area contributed by atoms with E-state index in [1.165, 1.54) is 0 Å². The fourth-order valence-electron chi connectivity index (χ4n) is 2.27. The van der Waals surface area contributed by atoms with E-state index < -0.39 is 11.7 Å². The van der Waals surface area contributed by atoms with E-state index in [0.29, 0.717) is 19.6 Å². The standard InChI is InChI=1S/C19H32N4O3.HI/c1-7-20-17(21-12-13-22-18(24)26-19(2,3)4)23(5)14-15-10-8-9-11-16(15)25-6;/h8-11H,7,12-14H2,1-6H3,(H,20,21)(H,22,24);1H. The highest BCUT2D eigenvalue weighted by molar-refractivity contribution is 14.0. The summed E-state index contributed by atoms with van der Waals surface area (Å²) < 4.78 is 10.6. The van der Waals surface area contributed by atoms with Crippen LogP contribution in [0.1, 0.15) is 33.3 Å². The lowest BCUT2D eigenvalue weighted by Crippen LogP contribution is -2.39. The highest BCUT2D eigenvalue weighted by Crippen LogP contribution is 2.18. The Morgan fingerprint density at radius 2 is 1.89 bits per heavy atom. The van der Waals surface area contributed by atoms with Gasteiger partial charge in [-0.05, 0) is 33.8 Å². The highest BCUT2D eigenvalue weighted by atomic mass is 127. The maximum atomic E-state index is 11.7. The molecule has 7 nitrogen and oxygen atoms in total. The van der Waals surface area contributed by atoms with Crippen LogP contribution in [0, 0.1) is 0 Å². The molecule has 0 aliphatic rings. The number of nitrogens with zero attached hydrogens (tertiary/aromatic N) is 2. The van der Waals surface area contributed by atoms with Crippen LogP contribution in [-0.4, -0.2) is 56.3 Å². The zero-order valence-corrected chi connectivity index (χ0v) is 19.5. The maximum absolute atomic E-state index is 11.7. The van der Waals surface area contributed by atoms with Gasteiger partial charge in [0.15, 0.2) is 5.96 Å². The molecule has 154 valence electrons. The number of para-hydroxylation sites is 1. The number of carbonyl (C=O) groups excluding carboxylic acids is 1. The van der Waals surface area contributed by atoms with Crippen LogP contribution in [0.5, 0.6) is 5.75 Å². The minimum absolute atomic E-state index is 0. The molecule has 0 aliphatic carbocycles. The second-order valence-corrected chi connectivity index (χ2v) is 6.83. The molecule has 0 unspecified atom stereocenters.